The van der Waals surface area contributed by atoms with Crippen LogP contribution in [0.25, 0.3) is 0 Å². The number of rotatable bonds is 7. The first-order chi connectivity index (χ1) is 14.7. The highest BCUT2D eigenvalue weighted by molar-refractivity contribution is 5.94. The van der Waals surface area contributed by atoms with Crippen molar-refractivity contribution in [2.45, 2.75) is 25.4 Å². The van der Waals surface area contributed by atoms with Crippen LogP contribution in [0.4, 0.5) is 0 Å². The molecule has 1 atom stereocenters. The minimum absolute atomic E-state index is 0.0910. The number of hydrogen-bond acceptors (Lipinski definition) is 4. The maximum absolute atomic E-state index is 13.1. The largest absolute Gasteiger partial charge is 0.379 e. The van der Waals surface area contributed by atoms with Crippen molar-refractivity contribution in [3.63, 3.8) is 0 Å². The lowest BCUT2D eigenvalue weighted by molar-refractivity contribution is -0.128. The monoisotopic (exact) mass is 407 g/mol. The molecule has 0 bridgehead atoms. The third-order valence-corrected chi connectivity index (χ3v) is 5.79. The van der Waals surface area contributed by atoms with Crippen molar-refractivity contribution in [1.82, 2.24) is 15.1 Å². The topological polar surface area (TPSA) is 61.9 Å². The Kier molecular flexibility index (Phi) is 6.77. The van der Waals surface area contributed by atoms with E-state index in [1.165, 1.54) is 0 Å². The molecule has 158 valence electrons. The van der Waals surface area contributed by atoms with Gasteiger partial charge in [-0.2, -0.15) is 0 Å². The van der Waals surface area contributed by atoms with Crippen LogP contribution >= 0.6 is 0 Å². The summed E-state index contributed by atoms with van der Waals surface area (Å²) >= 11 is 0. The lowest BCUT2D eigenvalue weighted by atomic mass is 10.0. The van der Waals surface area contributed by atoms with E-state index < -0.39 is 0 Å². The number of nitrogens with zero attached hydrogens (tertiary/aromatic N) is 2. The molecule has 6 nitrogen and oxygen atoms in total. The van der Waals surface area contributed by atoms with Gasteiger partial charge in [-0.3, -0.25) is 14.5 Å². The van der Waals surface area contributed by atoms with Gasteiger partial charge in [-0.25, -0.2) is 0 Å². The fourth-order valence-electron chi connectivity index (χ4n) is 4.11. The molecule has 1 unspecified atom stereocenters. The molecule has 0 aliphatic carbocycles. The van der Waals surface area contributed by atoms with Gasteiger partial charge in [0.05, 0.1) is 19.3 Å². The molecule has 0 aromatic heterocycles. The predicted octanol–water partition coefficient (Wildman–Crippen LogP) is 2.61. The molecule has 2 fully saturated rings. The van der Waals surface area contributed by atoms with Crippen molar-refractivity contribution in [3.8, 4) is 0 Å². The maximum atomic E-state index is 13.1. The van der Waals surface area contributed by atoms with Crippen molar-refractivity contribution in [2.24, 2.45) is 0 Å². The molecule has 2 aromatic carbocycles. The fourth-order valence-corrected chi connectivity index (χ4v) is 4.11. The quantitative estimate of drug-likeness (QED) is 0.767. The summed E-state index contributed by atoms with van der Waals surface area (Å²) in [6.07, 6.45) is 1.54. The third-order valence-electron chi connectivity index (χ3n) is 5.79. The number of nitrogens with one attached hydrogen (secondary N) is 1. The molecule has 2 amide bonds. The molecule has 0 spiro atoms. The van der Waals surface area contributed by atoms with E-state index >= 15 is 0 Å². The number of ether oxygens (including phenoxy) is 1. The highest BCUT2D eigenvalue weighted by Gasteiger charge is 2.22. The summed E-state index contributed by atoms with van der Waals surface area (Å²) in [4.78, 5) is 29.2. The first-order valence-electron chi connectivity index (χ1n) is 10.7. The second-order valence-electron chi connectivity index (χ2n) is 7.97. The van der Waals surface area contributed by atoms with E-state index in [0.717, 1.165) is 56.9 Å². The molecule has 30 heavy (non-hydrogen) atoms. The highest BCUT2D eigenvalue weighted by Crippen LogP contribution is 2.18. The SMILES string of the molecule is O=C(NC(CN1CCOCC1)c1ccccc1)c1cccc(CN2CCCC2=O)c1. The third kappa shape index (κ3) is 5.26. The molecule has 0 radical (unpaired) electrons. The van der Waals surface area contributed by atoms with Crippen LogP contribution in [-0.2, 0) is 16.1 Å². The molecule has 4 rings (SSSR count). The van der Waals surface area contributed by atoms with Gasteiger partial charge in [-0.05, 0) is 29.7 Å². The van der Waals surface area contributed by atoms with Crippen molar-refractivity contribution >= 4 is 11.8 Å². The Balaban J connectivity index is 1.46. The van der Waals surface area contributed by atoms with E-state index in [2.05, 4.69) is 22.3 Å². The highest BCUT2D eigenvalue weighted by atomic mass is 16.5. The van der Waals surface area contributed by atoms with Gasteiger partial charge in [0.2, 0.25) is 5.91 Å². The number of morpholine rings is 1. The molecule has 2 heterocycles. The summed E-state index contributed by atoms with van der Waals surface area (Å²) < 4.78 is 5.46. The summed E-state index contributed by atoms with van der Waals surface area (Å²) in [5.41, 5.74) is 2.71. The fraction of sp³-hybridized carbons (Fsp3) is 0.417. The molecule has 2 saturated heterocycles. The Morgan fingerprint density at radius 2 is 1.83 bits per heavy atom. The van der Waals surface area contributed by atoms with Crippen molar-refractivity contribution in [3.05, 3.63) is 71.3 Å². The standard InChI is InChI=1S/C24H29N3O3/c28-23-10-5-11-27(23)17-19-6-4-9-21(16-19)24(29)25-22(20-7-2-1-3-8-20)18-26-12-14-30-15-13-26/h1-4,6-9,16,22H,5,10-15,17-18H2,(H,25,29). The molecule has 1 N–H and O–H groups in total. The van der Waals surface area contributed by atoms with Crippen molar-refractivity contribution in [1.29, 1.82) is 0 Å². The first-order valence-corrected chi connectivity index (χ1v) is 10.7. The van der Waals surface area contributed by atoms with Crippen LogP contribution in [0.15, 0.2) is 54.6 Å². The Morgan fingerprint density at radius 1 is 1.03 bits per heavy atom. The number of benzene rings is 2. The van der Waals surface area contributed by atoms with Crippen LogP contribution in [0, 0.1) is 0 Å². The van der Waals surface area contributed by atoms with Gasteiger partial charge >= 0.3 is 0 Å². The zero-order valence-electron chi connectivity index (χ0n) is 17.3. The van der Waals surface area contributed by atoms with E-state index in [1.807, 2.05) is 47.4 Å². The van der Waals surface area contributed by atoms with Gasteiger partial charge in [0.25, 0.3) is 5.91 Å². The van der Waals surface area contributed by atoms with Gasteiger partial charge in [0, 0.05) is 44.7 Å². The lowest BCUT2D eigenvalue weighted by Crippen LogP contribution is -2.43. The number of likely N-dealkylation sites (tertiary alicyclic amines) is 1. The minimum Gasteiger partial charge on any atom is -0.379 e. The zero-order valence-corrected chi connectivity index (χ0v) is 17.3. The Labute approximate surface area is 177 Å². The maximum Gasteiger partial charge on any atom is 0.251 e. The number of amides is 2. The van der Waals surface area contributed by atoms with Crippen molar-refractivity contribution < 1.29 is 14.3 Å². The van der Waals surface area contributed by atoms with Gasteiger partial charge in [0.15, 0.2) is 0 Å². The summed E-state index contributed by atoms with van der Waals surface area (Å²) in [6.45, 7) is 5.32. The second kappa shape index (κ2) is 9.87. The van der Waals surface area contributed by atoms with Gasteiger partial charge in [-0.15, -0.1) is 0 Å². The van der Waals surface area contributed by atoms with Crippen LogP contribution < -0.4 is 5.32 Å². The average molecular weight is 408 g/mol. The number of hydrogen-bond donors (Lipinski definition) is 1. The normalized spacial score (nSPS) is 18.4. The van der Waals surface area contributed by atoms with E-state index in [-0.39, 0.29) is 17.9 Å². The van der Waals surface area contributed by atoms with Gasteiger partial charge < -0.3 is 15.0 Å². The van der Waals surface area contributed by atoms with Crippen LogP contribution in [0.1, 0.15) is 40.4 Å². The summed E-state index contributed by atoms with van der Waals surface area (Å²) in [6, 6.07) is 17.6. The predicted molar refractivity (Wildman–Crippen MR) is 115 cm³/mol. The number of carbonyl (C=O) groups is 2. The minimum atomic E-state index is -0.0967. The van der Waals surface area contributed by atoms with Gasteiger partial charge in [-0.1, -0.05) is 42.5 Å². The van der Waals surface area contributed by atoms with E-state index in [1.54, 1.807) is 0 Å². The van der Waals surface area contributed by atoms with Crippen LogP contribution in [0.5, 0.6) is 0 Å². The zero-order chi connectivity index (χ0) is 20.8. The van der Waals surface area contributed by atoms with Gasteiger partial charge in [0.1, 0.15) is 0 Å². The lowest BCUT2D eigenvalue weighted by Gasteiger charge is -2.31. The molecular formula is C24H29N3O3. The van der Waals surface area contributed by atoms with Crippen LogP contribution in [-0.4, -0.2) is 61.0 Å². The van der Waals surface area contributed by atoms with Crippen LogP contribution in [0.3, 0.4) is 0 Å². The smallest absolute Gasteiger partial charge is 0.251 e. The summed E-state index contributed by atoms with van der Waals surface area (Å²) in [5, 5.41) is 3.22. The molecule has 2 aromatic rings. The van der Waals surface area contributed by atoms with Crippen LogP contribution in [0.2, 0.25) is 0 Å². The molecule has 6 heteroatoms. The molecule has 2 aliphatic heterocycles. The Bertz CT molecular complexity index is 865. The van der Waals surface area contributed by atoms with E-state index in [4.69, 9.17) is 4.74 Å². The second-order valence-corrected chi connectivity index (χ2v) is 7.97. The Morgan fingerprint density at radius 3 is 2.57 bits per heavy atom. The van der Waals surface area contributed by atoms with Crippen molar-refractivity contribution in [2.75, 3.05) is 39.4 Å². The van der Waals surface area contributed by atoms with E-state index in [0.29, 0.717) is 18.5 Å². The number of carbonyl (C=O) groups excluding carboxylic acids is 2. The average Bonchev–Trinajstić information content (AvgIpc) is 3.19. The Hall–Kier alpha value is -2.70. The molecule has 2 aliphatic rings. The summed E-state index contributed by atoms with van der Waals surface area (Å²) in [5.74, 6) is 0.103. The molecule has 0 saturated carbocycles. The van der Waals surface area contributed by atoms with E-state index in [9.17, 15) is 9.59 Å². The first kappa shape index (κ1) is 20.6. The summed E-state index contributed by atoms with van der Waals surface area (Å²) in [7, 11) is 0. The molecular weight excluding hydrogens is 378 g/mol.